The molecule has 28 heavy (non-hydrogen) atoms. The Morgan fingerprint density at radius 1 is 1.18 bits per heavy atom. The number of nitrogens with zero attached hydrogens (tertiary/aromatic N) is 4. The Bertz CT molecular complexity index is 738. The largest absolute Gasteiger partial charge is 0.356 e. The molecular weight excluding hydrogens is 370 g/mol. The molecular formula is C21H31N5OS. The predicted molar refractivity (Wildman–Crippen MR) is 115 cm³/mol. The van der Waals surface area contributed by atoms with Crippen molar-refractivity contribution in [1.82, 2.24) is 20.2 Å². The van der Waals surface area contributed by atoms with Crippen molar-refractivity contribution in [2.24, 2.45) is 5.92 Å². The van der Waals surface area contributed by atoms with Crippen LogP contribution < -0.4 is 10.2 Å². The number of aromatic nitrogens is 2. The van der Waals surface area contributed by atoms with E-state index in [1.54, 1.807) is 11.3 Å². The van der Waals surface area contributed by atoms with Crippen LogP contribution in [0.5, 0.6) is 0 Å². The lowest BCUT2D eigenvalue weighted by atomic mass is 9.97. The van der Waals surface area contributed by atoms with Gasteiger partial charge in [-0.3, -0.25) is 4.79 Å². The zero-order chi connectivity index (χ0) is 19.2. The summed E-state index contributed by atoms with van der Waals surface area (Å²) in [6, 6.07) is 3.92. The van der Waals surface area contributed by atoms with Gasteiger partial charge in [-0.2, -0.15) is 0 Å². The summed E-state index contributed by atoms with van der Waals surface area (Å²) in [6.07, 6.45) is 10.3. The average Bonchev–Trinajstić information content (AvgIpc) is 3.00. The minimum absolute atomic E-state index is 0.0620. The van der Waals surface area contributed by atoms with E-state index in [1.165, 1.54) is 38.8 Å². The van der Waals surface area contributed by atoms with Gasteiger partial charge in [0.2, 0.25) is 5.91 Å². The van der Waals surface area contributed by atoms with E-state index in [-0.39, 0.29) is 11.8 Å². The van der Waals surface area contributed by atoms with Crippen LogP contribution in [0.3, 0.4) is 0 Å². The molecule has 0 spiro atoms. The molecule has 0 aromatic carbocycles. The standard InChI is InChI=1S/C21H31N5OS/c27-19(22-11-7-14-25-12-3-1-2-4-13-25)17-8-6-15-26(16-17)21-24-18-9-5-10-23-20(18)28-21/h5,9-10,17H,1-4,6-8,11-16H2,(H,22,27)/t17-/m0/s1. The maximum Gasteiger partial charge on any atom is 0.224 e. The number of pyridine rings is 1. The first kappa shape index (κ1) is 19.6. The van der Waals surface area contributed by atoms with Crippen LogP contribution in [0.1, 0.15) is 44.9 Å². The van der Waals surface area contributed by atoms with Gasteiger partial charge in [-0.05, 0) is 63.9 Å². The van der Waals surface area contributed by atoms with Crippen LogP contribution in [-0.2, 0) is 4.79 Å². The van der Waals surface area contributed by atoms with E-state index >= 15 is 0 Å². The predicted octanol–water partition coefficient (Wildman–Crippen LogP) is 3.29. The van der Waals surface area contributed by atoms with Crippen molar-refractivity contribution in [3.63, 3.8) is 0 Å². The molecule has 0 aliphatic carbocycles. The number of piperidine rings is 1. The van der Waals surface area contributed by atoms with Crippen LogP contribution in [-0.4, -0.2) is 60.0 Å². The summed E-state index contributed by atoms with van der Waals surface area (Å²) in [6.45, 7) is 6.08. The minimum atomic E-state index is 0.0620. The Labute approximate surface area is 171 Å². The van der Waals surface area contributed by atoms with E-state index in [1.807, 2.05) is 18.3 Å². The van der Waals surface area contributed by atoms with Gasteiger partial charge in [0.1, 0.15) is 10.3 Å². The quantitative estimate of drug-likeness (QED) is 0.753. The van der Waals surface area contributed by atoms with Gasteiger partial charge in [0.25, 0.3) is 0 Å². The first-order chi connectivity index (χ1) is 13.8. The third kappa shape index (κ3) is 5.00. The maximum absolute atomic E-state index is 12.7. The second-order valence-electron chi connectivity index (χ2n) is 8.01. The average molecular weight is 402 g/mol. The number of fused-ring (bicyclic) bond motifs is 1. The molecule has 2 fully saturated rings. The van der Waals surface area contributed by atoms with Crippen LogP contribution in [0.15, 0.2) is 18.3 Å². The highest BCUT2D eigenvalue weighted by Gasteiger charge is 2.27. The molecule has 7 heteroatoms. The van der Waals surface area contributed by atoms with Crippen LogP contribution in [0.25, 0.3) is 10.3 Å². The van der Waals surface area contributed by atoms with Crippen LogP contribution in [0, 0.1) is 5.92 Å². The zero-order valence-corrected chi connectivity index (χ0v) is 17.4. The van der Waals surface area contributed by atoms with E-state index in [0.29, 0.717) is 0 Å². The molecule has 2 aliphatic rings. The second-order valence-corrected chi connectivity index (χ2v) is 8.97. The molecule has 4 heterocycles. The maximum atomic E-state index is 12.7. The number of carbonyl (C=O) groups excluding carboxylic acids is 1. The molecule has 0 saturated carbocycles. The fraction of sp³-hybridized carbons (Fsp3) is 0.667. The van der Waals surface area contributed by atoms with Crippen molar-refractivity contribution in [1.29, 1.82) is 0 Å². The fourth-order valence-electron chi connectivity index (χ4n) is 4.28. The van der Waals surface area contributed by atoms with Crippen LogP contribution in [0.2, 0.25) is 0 Å². The minimum Gasteiger partial charge on any atom is -0.356 e. The van der Waals surface area contributed by atoms with Crippen molar-refractivity contribution < 1.29 is 4.79 Å². The molecule has 2 aliphatic heterocycles. The number of nitrogens with one attached hydrogen (secondary N) is 1. The van der Waals surface area contributed by atoms with E-state index in [0.717, 1.165) is 60.9 Å². The highest BCUT2D eigenvalue weighted by molar-refractivity contribution is 7.21. The smallest absolute Gasteiger partial charge is 0.224 e. The molecule has 1 atom stereocenters. The molecule has 2 aromatic rings. The van der Waals surface area contributed by atoms with Gasteiger partial charge in [0.15, 0.2) is 5.13 Å². The summed E-state index contributed by atoms with van der Waals surface area (Å²) in [7, 11) is 0. The highest BCUT2D eigenvalue weighted by atomic mass is 32.1. The molecule has 1 N–H and O–H groups in total. The molecule has 0 radical (unpaired) electrons. The molecule has 1 amide bonds. The summed E-state index contributed by atoms with van der Waals surface area (Å²) < 4.78 is 0. The van der Waals surface area contributed by atoms with Gasteiger partial charge in [-0.15, -0.1) is 0 Å². The van der Waals surface area contributed by atoms with Gasteiger partial charge in [-0.1, -0.05) is 24.2 Å². The summed E-state index contributed by atoms with van der Waals surface area (Å²) in [5.74, 6) is 0.270. The van der Waals surface area contributed by atoms with Crippen molar-refractivity contribution in [3.8, 4) is 0 Å². The van der Waals surface area contributed by atoms with Crippen molar-refractivity contribution in [2.45, 2.75) is 44.9 Å². The molecule has 2 aromatic heterocycles. The van der Waals surface area contributed by atoms with E-state index < -0.39 is 0 Å². The topological polar surface area (TPSA) is 61.4 Å². The lowest BCUT2D eigenvalue weighted by molar-refractivity contribution is -0.125. The Morgan fingerprint density at radius 3 is 2.86 bits per heavy atom. The molecule has 6 nitrogen and oxygen atoms in total. The third-order valence-corrected chi connectivity index (χ3v) is 6.91. The second kappa shape index (κ2) is 9.65. The molecule has 4 rings (SSSR count). The molecule has 2 saturated heterocycles. The highest BCUT2D eigenvalue weighted by Crippen LogP contribution is 2.30. The lowest BCUT2D eigenvalue weighted by Crippen LogP contribution is -2.43. The first-order valence-corrected chi connectivity index (χ1v) is 11.6. The van der Waals surface area contributed by atoms with Gasteiger partial charge >= 0.3 is 0 Å². The Kier molecular flexibility index (Phi) is 6.75. The number of hydrogen-bond donors (Lipinski definition) is 1. The Hall–Kier alpha value is -1.73. The van der Waals surface area contributed by atoms with Gasteiger partial charge < -0.3 is 15.1 Å². The van der Waals surface area contributed by atoms with Crippen LogP contribution >= 0.6 is 11.3 Å². The first-order valence-electron chi connectivity index (χ1n) is 10.8. The number of rotatable bonds is 6. The third-order valence-electron chi connectivity index (χ3n) is 5.87. The van der Waals surface area contributed by atoms with Gasteiger partial charge in [0.05, 0.1) is 5.92 Å². The van der Waals surface area contributed by atoms with Gasteiger partial charge in [-0.25, -0.2) is 9.97 Å². The van der Waals surface area contributed by atoms with Crippen LogP contribution in [0.4, 0.5) is 5.13 Å². The Balaban J connectivity index is 1.24. The molecule has 0 unspecified atom stereocenters. The lowest BCUT2D eigenvalue weighted by Gasteiger charge is -2.31. The van der Waals surface area contributed by atoms with Crippen molar-refractivity contribution in [2.75, 3.05) is 44.2 Å². The molecule has 152 valence electrons. The van der Waals surface area contributed by atoms with E-state index in [2.05, 4.69) is 20.1 Å². The summed E-state index contributed by atoms with van der Waals surface area (Å²) >= 11 is 1.62. The fourth-order valence-corrected chi connectivity index (χ4v) is 5.22. The number of carbonyl (C=O) groups is 1. The number of anilines is 1. The number of amides is 1. The summed E-state index contributed by atoms with van der Waals surface area (Å²) in [5, 5.41) is 4.18. The zero-order valence-electron chi connectivity index (χ0n) is 16.6. The van der Waals surface area contributed by atoms with E-state index in [4.69, 9.17) is 4.98 Å². The Morgan fingerprint density at radius 2 is 2.04 bits per heavy atom. The van der Waals surface area contributed by atoms with Gasteiger partial charge in [0, 0.05) is 25.8 Å². The molecule has 0 bridgehead atoms. The summed E-state index contributed by atoms with van der Waals surface area (Å²) in [4.78, 5) is 27.6. The van der Waals surface area contributed by atoms with E-state index in [9.17, 15) is 4.79 Å². The summed E-state index contributed by atoms with van der Waals surface area (Å²) in [5.41, 5.74) is 0.947. The van der Waals surface area contributed by atoms with Crippen molar-refractivity contribution in [3.05, 3.63) is 18.3 Å². The SMILES string of the molecule is O=C(NCCCN1CCCCCC1)[C@H]1CCCN(c2nc3cccnc3s2)C1. The number of likely N-dealkylation sites (tertiary alicyclic amines) is 1. The van der Waals surface area contributed by atoms with Crippen molar-refractivity contribution >= 4 is 32.7 Å². The number of thiazole rings is 1. The number of hydrogen-bond acceptors (Lipinski definition) is 6. The normalized spacial score (nSPS) is 21.6. The monoisotopic (exact) mass is 401 g/mol.